The van der Waals surface area contributed by atoms with E-state index in [0.29, 0.717) is 36.8 Å². The van der Waals surface area contributed by atoms with Crippen molar-refractivity contribution in [2.45, 2.75) is 49.0 Å². The highest BCUT2D eigenvalue weighted by atomic mass is 32.2. The van der Waals surface area contributed by atoms with Crippen LogP contribution in [0.5, 0.6) is 17.2 Å². The van der Waals surface area contributed by atoms with Gasteiger partial charge in [0.25, 0.3) is 0 Å². The summed E-state index contributed by atoms with van der Waals surface area (Å²) < 4.78 is 41.0. The fourth-order valence-corrected chi connectivity index (χ4v) is 6.03. The van der Waals surface area contributed by atoms with Crippen LogP contribution in [0.4, 0.5) is 0 Å². The summed E-state index contributed by atoms with van der Waals surface area (Å²) in [5.41, 5.74) is 0.960. The Bertz CT molecular complexity index is 1360. The Morgan fingerprint density at radius 3 is 2.56 bits per heavy atom. The van der Waals surface area contributed by atoms with Gasteiger partial charge in [0.15, 0.2) is 9.84 Å². The van der Waals surface area contributed by atoms with Gasteiger partial charge in [-0.2, -0.15) is 0 Å². The molecule has 8 nitrogen and oxygen atoms in total. The monoisotopic (exact) mass is 532 g/mol. The summed E-state index contributed by atoms with van der Waals surface area (Å²) in [5, 5.41) is 12.2. The van der Waals surface area contributed by atoms with Crippen LogP contribution < -0.4 is 9.47 Å². The SMILES string of the molecule is COCC(C)Oc1cc(Oc2ccc(S(C)(=O)=O)cc2)cc2cc(C3=NCC(CC(C)(C)O)S3)[nH]c12. The van der Waals surface area contributed by atoms with Crippen LogP contribution in [0.3, 0.4) is 0 Å². The topological polar surface area (TPSA) is 110 Å². The number of rotatable bonds is 10. The van der Waals surface area contributed by atoms with Crippen molar-refractivity contribution >= 4 is 37.5 Å². The van der Waals surface area contributed by atoms with E-state index in [1.165, 1.54) is 18.4 Å². The van der Waals surface area contributed by atoms with Gasteiger partial charge in [0.05, 0.1) is 34.9 Å². The number of nitrogens with one attached hydrogen (secondary N) is 1. The molecule has 0 spiro atoms. The maximum Gasteiger partial charge on any atom is 0.175 e. The average Bonchev–Trinajstić information content (AvgIpc) is 3.39. The van der Waals surface area contributed by atoms with Crippen LogP contribution in [0.25, 0.3) is 10.9 Å². The van der Waals surface area contributed by atoms with E-state index in [0.717, 1.165) is 21.6 Å². The molecule has 2 N–H and O–H groups in total. The highest BCUT2D eigenvalue weighted by Crippen LogP contribution is 2.37. The fourth-order valence-electron chi connectivity index (χ4n) is 4.06. The molecule has 1 aromatic heterocycles. The number of sulfone groups is 1. The van der Waals surface area contributed by atoms with Crippen molar-refractivity contribution in [3.05, 3.63) is 48.2 Å². The van der Waals surface area contributed by atoms with Crippen LogP contribution in [-0.4, -0.2) is 67.0 Å². The van der Waals surface area contributed by atoms with E-state index in [-0.39, 0.29) is 16.2 Å². The zero-order chi connectivity index (χ0) is 26.1. The number of H-pyrrole nitrogens is 1. The van der Waals surface area contributed by atoms with Gasteiger partial charge in [-0.25, -0.2) is 8.42 Å². The minimum atomic E-state index is -3.29. The lowest BCUT2D eigenvalue weighted by Gasteiger charge is -2.20. The number of aliphatic hydroxyl groups is 1. The summed E-state index contributed by atoms with van der Waals surface area (Å²) >= 11 is 1.66. The third kappa shape index (κ3) is 6.61. The number of methoxy groups -OCH3 is 1. The number of hydrogen-bond donors (Lipinski definition) is 2. The van der Waals surface area contributed by atoms with Crippen LogP contribution in [-0.2, 0) is 14.6 Å². The molecule has 2 heterocycles. The number of aromatic amines is 1. The second-order valence-electron chi connectivity index (χ2n) is 9.70. The minimum absolute atomic E-state index is 0.191. The molecular weight excluding hydrogens is 500 g/mol. The van der Waals surface area contributed by atoms with Gasteiger partial charge < -0.3 is 24.3 Å². The van der Waals surface area contributed by atoms with E-state index in [1.54, 1.807) is 37.1 Å². The second-order valence-corrected chi connectivity index (χ2v) is 13.0. The maximum atomic E-state index is 11.8. The molecular formula is C26H32N2O6S2. The molecule has 0 saturated carbocycles. The summed E-state index contributed by atoms with van der Waals surface area (Å²) in [6, 6.07) is 12.0. The van der Waals surface area contributed by atoms with Crippen LogP contribution in [0.1, 0.15) is 32.9 Å². The molecule has 0 fully saturated rings. The molecule has 0 amide bonds. The second kappa shape index (κ2) is 10.5. The van der Waals surface area contributed by atoms with E-state index in [1.807, 2.05) is 32.9 Å². The van der Waals surface area contributed by atoms with Crippen LogP contribution >= 0.6 is 11.8 Å². The number of ether oxygens (including phenoxy) is 3. The van der Waals surface area contributed by atoms with Crippen molar-refractivity contribution in [2.75, 3.05) is 26.5 Å². The fraction of sp³-hybridized carbons (Fsp3) is 0.423. The van der Waals surface area contributed by atoms with Crippen molar-refractivity contribution in [1.82, 2.24) is 4.98 Å². The Hall–Kier alpha value is -2.53. The quantitative estimate of drug-likeness (QED) is 0.386. The zero-order valence-electron chi connectivity index (χ0n) is 21.1. The molecule has 2 atom stereocenters. The smallest absolute Gasteiger partial charge is 0.175 e. The lowest BCUT2D eigenvalue weighted by molar-refractivity contribution is 0.0714. The van der Waals surface area contributed by atoms with Crippen molar-refractivity contribution in [3.63, 3.8) is 0 Å². The zero-order valence-corrected chi connectivity index (χ0v) is 22.7. The van der Waals surface area contributed by atoms with Gasteiger partial charge in [-0.3, -0.25) is 4.99 Å². The predicted octanol–water partition coefficient (Wildman–Crippen LogP) is 4.80. The molecule has 4 rings (SSSR count). The average molecular weight is 533 g/mol. The number of hydrogen-bond acceptors (Lipinski definition) is 8. The van der Waals surface area contributed by atoms with E-state index < -0.39 is 15.4 Å². The Morgan fingerprint density at radius 2 is 1.92 bits per heavy atom. The molecule has 2 aromatic carbocycles. The van der Waals surface area contributed by atoms with E-state index in [4.69, 9.17) is 19.2 Å². The summed E-state index contributed by atoms with van der Waals surface area (Å²) in [6.45, 7) is 6.64. The molecule has 1 aliphatic heterocycles. The standard InChI is InChI=1S/C26H32N2O6S2/c1-16(15-32-4)33-23-12-19(34-18-6-8-21(9-7-18)36(5,30)31)10-17-11-22(28-24(17)23)25-27-14-20(35-25)13-26(2,3)29/h6-12,16,20,28-29H,13-15H2,1-5H3. The number of nitrogens with zero attached hydrogens (tertiary/aromatic N) is 1. The van der Waals surface area contributed by atoms with E-state index in [2.05, 4.69) is 4.98 Å². The largest absolute Gasteiger partial charge is 0.486 e. The third-order valence-corrected chi connectivity index (χ3v) is 7.91. The first-order chi connectivity index (χ1) is 16.9. The molecule has 0 bridgehead atoms. The van der Waals surface area contributed by atoms with Gasteiger partial charge in [0.1, 0.15) is 28.4 Å². The summed E-state index contributed by atoms with van der Waals surface area (Å²) in [5.74, 6) is 1.68. The summed E-state index contributed by atoms with van der Waals surface area (Å²) in [7, 11) is -1.66. The Kier molecular flexibility index (Phi) is 7.70. The lowest BCUT2D eigenvalue weighted by Crippen LogP contribution is -2.25. The molecule has 1 aliphatic rings. The van der Waals surface area contributed by atoms with E-state index in [9.17, 15) is 13.5 Å². The number of benzene rings is 2. The summed E-state index contributed by atoms with van der Waals surface area (Å²) in [4.78, 5) is 8.38. The highest BCUT2D eigenvalue weighted by Gasteiger charge is 2.28. The molecule has 194 valence electrons. The van der Waals surface area contributed by atoms with Crippen LogP contribution in [0.15, 0.2) is 52.4 Å². The predicted molar refractivity (Wildman–Crippen MR) is 144 cm³/mol. The Balaban J connectivity index is 1.64. The number of thioether (sulfide) groups is 1. The lowest BCUT2D eigenvalue weighted by atomic mass is 10.0. The van der Waals surface area contributed by atoms with Gasteiger partial charge in [-0.05, 0) is 63.6 Å². The number of fused-ring (bicyclic) bond motifs is 1. The Morgan fingerprint density at radius 1 is 1.19 bits per heavy atom. The first-order valence-corrected chi connectivity index (χ1v) is 14.4. The van der Waals surface area contributed by atoms with Crippen LogP contribution in [0, 0.1) is 0 Å². The molecule has 10 heteroatoms. The first-order valence-electron chi connectivity index (χ1n) is 11.7. The number of aromatic nitrogens is 1. The van der Waals surface area contributed by atoms with Gasteiger partial charge in [0.2, 0.25) is 0 Å². The van der Waals surface area contributed by atoms with E-state index >= 15 is 0 Å². The molecule has 0 radical (unpaired) electrons. The third-order valence-electron chi connectivity index (χ3n) is 5.56. The molecule has 36 heavy (non-hydrogen) atoms. The summed E-state index contributed by atoms with van der Waals surface area (Å²) in [6.07, 6.45) is 1.64. The highest BCUT2D eigenvalue weighted by molar-refractivity contribution is 8.15. The number of aliphatic imine (C=N–C) groups is 1. The normalized spacial score (nSPS) is 17.3. The Labute approximate surface area is 216 Å². The van der Waals surface area contributed by atoms with Crippen molar-refractivity contribution < 1.29 is 27.7 Å². The van der Waals surface area contributed by atoms with Crippen molar-refractivity contribution in [1.29, 1.82) is 0 Å². The van der Waals surface area contributed by atoms with Gasteiger partial charge >= 0.3 is 0 Å². The van der Waals surface area contributed by atoms with Crippen molar-refractivity contribution in [2.24, 2.45) is 4.99 Å². The molecule has 0 aliphatic carbocycles. The van der Waals surface area contributed by atoms with Crippen LogP contribution in [0.2, 0.25) is 0 Å². The minimum Gasteiger partial charge on any atom is -0.486 e. The van der Waals surface area contributed by atoms with Gasteiger partial charge in [0, 0.05) is 30.1 Å². The van der Waals surface area contributed by atoms with Crippen molar-refractivity contribution in [3.8, 4) is 17.2 Å². The van der Waals surface area contributed by atoms with Gasteiger partial charge in [-0.1, -0.05) is 11.8 Å². The maximum absolute atomic E-state index is 11.8. The van der Waals surface area contributed by atoms with Gasteiger partial charge in [-0.15, -0.1) is 0 Å². The molecule has 2 unspecified atom stereocenters. The molecule has 3 aromatic rings. The molecule has 0 saturated heterocycles. The first kappa shape index (κ1) is 26.5.